The molecular formula is C12H10N2. The molecule has 1 aliphatic rings. The van der Waals surface area contributed by atoms with Crippen LogP contribution in [0.5, 0.6) is 0 Å². The summed E-state index contributed by atoms with van der Waals surface area (Å²) in [6, 6.07) is 12.3. The highest BCUT2D eigenvalue weighted by Gasteiger charge is 2.18. The first kappa shape index (κ1) is 7.56. The lowest BCUT2D eigenvalue weighted by Crippen LogP contribution is -1.92. The quantitative estimate of drug-likeness (QED) is 0.579. The van der Waals surface area contributed by atoms with Crippen LogP contribution in [0, 0.1) is 0 Å². The van der Waals surface area contributed by atoms with E-state index in [1.54, 1.807) is 0 Å². The van der Waals surface area contributed by atoms with Gasteiger partial charge in [-0.2, -0.15) is 0 Å². The van der Waals surface area contributed by atoms with Gasteiger partial charge in [-0.25, -0.2) is 4.98 Å². The summed E-state index contributed by atoms with van der Waals surface area (Å²) in [6.45, 7) is 0. The fourth-order valence-corrected chi connectivity index (χ4v) is 1.99. The fourth-order valence-electron chi connectivity index (χ4n) is 1.99. The Morgan fingerprint density at radius 3 is 2.79 bits per heavy atom. The number of nitrogen functional groups attached to an aromatic ring is 1. The van der Waals surface area contributed by atoms with Crippen molar-refractivity contribution in [2.75, 3.05) is 5.73 Å². The van der Waals surface area contributed by atoms with Gasteiger partial charge in [0.15, 0.2) is 0 Å². The third-order valence-corrected chi connectivity index (χ3v) is 2.65. The van der Waals surface area contributed by atoms with Crippen LogP contribution in [0.3, 0.4) is 0 Å². The lowest BCUT2D eigenvalue weighted by atomic mass is 10.1. The summed E-state index contributed by atoms with van der Waals surface area (Å²) in [4.78, 5) is 4.37. The second kappa shape index (κ2) is 2.58. The van der Waals surface area contributed by atoms with E-state index >= 15 is 0 Å². The van der Waals surface area contributed by atoms with E-state index in [-0.39, 0.29) is 0 Å². The van der Waals surface area contributed by atoms with Crippen LogP contribution in [-0.4, -0.2) is 4.98 Å². The standard InChI is InChI=1S/C12H10N2/c13-11-6-5-9-7-8-3-1-2-4-10(8)12(9)14-11/h1-6H,7H2,(H2,13,14). The van der Waals surface area contributed by atoms with Crippen molar-refractivity contribution >= 4 is 5.82 Å². The van der Waals surface area contributed by atoms with Gasteiger partial charge in [-0.1, -0.05) is 30.3 Å². The molecule has 0 fully saturated rings. The van der Waals surface area contributed by atoms with Gasteiger partial charge in [-0.05, 0) is 17.2 Å². The topological polar surface area (TPSA) is 38.9 Å². The van der Waals surface area contributed by atoms with E-state index in [0.29, 0.717) is 5.82 Å². The second-order valence-electron chi connectivity index (χ2n) is 3.58. The number of benzene rings is 1. The van der Waals surface area contributed by atoms with E-state index in [1.165, 1.54) is 16.7 Å². The third kappa shape index (κ3) is 0.940. The normalized spacial score (nSPS) is 12.3. The van der Waals surface area contributed by atoms with Gasteiger partial charge in [-0.15, -0.1) is 0 Å². The van der Waals surface area contributed by atoms with Gasteiger partial charge in [0.1, 0.15) is 5.82 Å². The van der Waals surface area contributed by atoms with Crippen molar-refractivity contribution in [2.45, 2.75) is 6.42 Å². The first-order valence-corrected chi connectivity index (χ1v) is 4.68. The van der Waals surface area contributed by atoms with Crippen molar-refractivity contribution in [2.24, 2.45) is 0 Å². The van der Waals surface area contributed by atoms with Crippen LogP contribution in [0.2, 0.25) is 0 Å². The van der Waals surface area contributed by atoms with Crippen molar-refractivity contribution in [3.63, 3.8) is 0 Å². The SMILES string of the molecule is Nc1ccc2c(n1)-c1ccccc1C2. The van der Waals surface area contributed by atoms with Crippen LogP contribution >= 0.6 is 0 Å². The summed E-state index contributed by atoms with van der Waals surface area (Å²) < 4.78 is 0. The Morgan fingerprint density at radius 2 is 1.86 bits per heavy atom. The predicted molar refractivity (Wildman–Crippen MR) is 56.9 cm³/mol. The van der Waals surface area contributed by atoms with Crippen molar-refractivity contribution in [3.8, 4) is 11.3 Å². The number of pyridine rings is 1. The van der Waals surface area contributed by atoms with Gasteiger partial charge >= 0.3 is 0 Å². The number of hydrogen-bond donors (Lipinski definition) is 1. The van der Waals surface area contributed by atoms with E-state index < -0.39 is 0 Å². The Labute approximate surface area is 82.4 Å². The Hall–Kier alpha value is -1.83. The number of aromatic nitrogens is 1. The zero-order valence-electron chi connectivity index (χ0n) is 7.70. The zero-order valence-corrected chi connectivity index (χ0v) is 7.70. The molecule has 0 saturated heterocycles. The highest BCUT2D eigenvalue weighted by molar-refractivity contribution is 5.74. The maximum atomic E-state index is 5.68. The fraction of sp³-hybridized carbons (Fsp3) is 0.0833. The molecule has 2 N–H and O–H groups in total. The van der Waals surface area contributed by atoms with Crippen LogP contribution in [0.1, 0.15) is 11.1 Å². The summed E-state index contributed by atoms with van der Waals surface area (Å²) in [5, 5.41) is 0. The van der Waals surface area contributed by atoms with Crippen molar-refractivity contribution in [1.82, 2.24) is 4.98 Å². The molecule has 2 heteroatoms. The predicted octanol–water partition coefficient (Wildman–Crippen LogP) is 2.24. The van der Waals surface area contributed by atoms with Gasteiger partial charge < -0.3 is 5.73 Å². The molecule has 68 valence electrons. The molecule has 1 heterocycles. The van der Waals surface area contributed by atoms with Gasteiger partial charge in [0.25, 0.3) is 0 Å². The summed E-state index contributed by atoms with van der Waals surface area (Å²) >= 11 is 0. The number of fused-ring (bicyclic) bond motifs is 3. The van der Waals surface area contributed by atoms with Crippen LogP contribution in [0.4, 0.5) is 5.82 Å². The molecular weight excluding hydrogens is 172 g/mol. The van der Waals surface area contributed by atoms with Gasteiger partial charge in [-0.3, -0.25) is 0 Å². The minimum atomic E-state index is 0.598. The molecule has 1 aromatic carbocycles. The number of rotatable bonds is 0. The lowest BCUT2D eigenvalue weighted by Gasteiger charge is -1.99. The van der Waals surface area contributed by atoms with E-state index in [9.17, 15) is 0 Å². The van der Waals surface area contributed by atoms with E-state index in [1.807, 2.05) is 12.1 Å². The molecule has 1 aromatic heterocycles. The Morgan fingerprint density at radius 1 is 1.00 bits per heavy atom. The summed E-state index contributed by atoms with van der Waals surface area (Å²) in [5.41, 5.74) is 10.6. The maximum Gasteiger partial charge on any atom is 0.124 e. The van der Waals surface area contributed by atoms with E-state index in [2.05, 4.69) is 29.2 Å². The number of hydrogen-bond acceptors (Lipinski definition) is 2. The minimum Gasteiger partial charge on any atom is -0.384 e. The molecule has 2 aromatic rings. The van der Waals surface area contributed by atoms with Gasteiger partial charge in [0, 0.05) is 12.0 Å². The smallest absolute Gasteiger partial charge is 0.124 e. The number of anilines is 1. The first-order chi connectivity index (χ1) is 6.84. The van der Waals surface area contributed by atoms with Gasteiger partial charge in [0.05, 0.1) is 5.69 Å². The maximum absolute atomic E-state index is 5.68. The lowest BCUT2D eigenvalue weighted by molar-refractivity contribution is 1.23. The Balaban J connectivity index is 2.30. The Kier molecular flexibility index (Phi) is 1.39. The minimum absolute atomic E-state index is 0.598. The molecule has 0 bridgehead atoms. The number of nitrogens with two attached hydrogens (primary N) is 1. The van der Waals surface area contributed by atoms with Crippen LogP contribution in [0.25, 0.3) is 11.3 Å². The molecule has 14 heavy (non-hydrogen) atoms. The van der Waals surface area contributed by atoms with Crippen LogP contribution < -0.4 is 5.73 Å². The molecule has 3 rings (SSSR count). The summed E-state index contributed by atoms with van der Waals surface area (Å²) in [7, 11) is 0. The molecule has 0 aliphatic heterocycles. The van der Waals surface area contributed by atoms with Crippen molar-refractivity contribution < 1.29 is 0 Å². The first-order valence-electron chi connectivity index (χ1n) is 4.68. The second-order valence-corrected chi connectivity index (χ2v) is 3.58. The average Bonchev–Trinajstić information content (AvgIpc) is 2.56. The molecule has 0 radical (unpaired) electrons. The van der Waals surface area contributed by atoms with E-state index in [0.717, 1.165) is 12.1 Å². The highest BCUT2D eigenvalue weighted by atomic mass is 14.8. The van der Waals surface area contributed by atoms with E-state index in [4.69, 9.17) is 5.73 Å². The third-order valence-electron chi connectivity index (χ3n) is 2.65. The zero-order chi connectivity index (χ0) is 9.54. The Bertz CT molecular complexity index is 503. The highest BCUT2D eigenvalue weighted by Crippen LogP contribution is 2.34. The molecule has 1 aliphatic carbocycles. The van der Waals surface area contributed by atoms with Crippen molar-refractivity contribution in [1.29, 1.82) is 0 Å². The molecule has 0 saturated carbocycles. The average molecular weight is 182 g/mol. The van der Waals surface area contributed by atoms with Gasteiger partial charge in [0.2, 0.25) is 0 Å². The number of nitrogens with zero attached hydrogens (tertiary/aromatic N) is 1. The monoisotopic (exact) mass is 182 g/mol. The van der Waals surface area contributed by atoms with Crippen LogP contribution in [0.15, 0.2) is 36.4 Å². The molecule has 0 spiro atoms. The molecule has 0 amide bonds. The summed E-state index contributed by atoms with van der Waals surface area (Å²) in [5.74, 6) is 0.598. The molecule has 2 nitrogen and oxygen atoms in total. The molecule has 0 unspecified atom stereocenters. The van der Waals surface area contributed by atoms with Crippen molar-refractivity contribution in [3.05, 3.63) is 47.5 Å². The summed E-state index contributed by atoms with van der Waals surface area (Å²) in [6.07, 6.45) is 0.985. The van der Waals surface area contributed by atoms with Crippen LogP contribution in [-0.2, 0) is 6.42 Å². The molecule has 0 atom stereocenters. The largest absolute Gasteiger partial charge is 0.384 e.